The van der Waals surface area contributed by atoms with E-state index in [2.05, 4.69) is 26.1 Å². The summed E-state index contributed by atoms with van der Waals surface area (Å²) in [6, 6.07) is 1.32. The van der Waals surface area contributed by atoms with Crippen LogP contribution in [0, 0.1) is 5.92 Å². The Kier molecular flexibility index (Phi) is 4.02. The molecule has 1 N–H and O–H groups in total. The molecule has 2 heteroatoms. The number of hydrogen-bond donors (Lipinski definition) is 1. The molecule has 1 fully saturated rings. The first-order valence-corrected chi connectivity index (χ1v) is 5.04. The normalized spacial score (nSPS) is 23.0. The van der Waals surface area contributed by atoms with Gasteiger partial charge in [-0.25, -0.2) is 0 Å². The minimum absolute atomic E-state index is 0.632. The minimum Gasteiger partial charge on any atom is -0.381 e. The molecule has 1 atom stereocenters. The van der Waals surface area contributed by atoms with Gasteiger partial charge in [0.15, 0.2) is 0 Å². The van der Waals surface area contributed by atoms with Crippen LogP contribution in [0.1, 0.15) is 33.6 Å². The number of nitrogens with one attached hydrogen (secondary N) is 1. The van der Waals surface area contributed by atoms with E-state index in [-0.39, 0.29) is 0 Å². The highest BCUT2D eigenvalue weighted by molar-refractivity contribution is 4.75. The number of hydrogen-bond acceptors (Lipinski definition) is 2. The van der Waals surface area contributed by atoms with Gasteiger partial charge in [-0.15, -0.1) is 0 Å². The lowest BCUT2D eigenvalue weighted by Crippen LogP contribution is -2.42. The summed E-state index contributed by atoms with van der Waals surface area (Å²) in [6.07, 6.45) is 2.36. The molecule has 1 saturated heterocycles. The first-order chi connectivity index (χ1) is 5.70. The molecule has 0 bridgehead atoms. The summed E-state index contributed by atoms with van der Waals surface area (Å²) in [7, 11) is 0. The van der Waals surface area contributed by atoms with E-state index < -0.39 is 0 Å². The second-order valence-electron chi connectivity index (χ2n) is 4.09. The van der Waals surface area contributed by atoms with Crippen molar-refractivity contribution < 1.29 is 4.74 Å². The Bertz CT molecular complexity index is 119. The van der Waals surface area contributed by atoms with Gasteiger partial charge in [-0.1, -0.05) is 13.8 Å². The van der Waals surface area contributed by atoms with Crippen LogP contribution in [0.2, 0.25) is 0 Å². The Labute approximate surface area is 75.7 Å². The summed E-state index contributed by atoms with van der Waals surface area (Å²) in [5.74, 6) is 0.729. The van der Waals surface area contributed by atoms with Gasteiger partial charge in [-0.2, -0.15) is 0 Å². The highest BCUT2D eigenvalue weighted by Crippen LogP contribution is 2.09. The lowest BCUT2D eigenvalue weighted by Gasteiger charge is -2.28. The maximum Gasteiger partial charge on any atom is 0.0480 e. The molecule has 12 heavy (non-hydrogen) atoms. The fourth-order valence-corrected chi connectivity index (χ4v) is 1.43. The average molecular weight is 171 g/mol. The molecule has 0 aromatic carbocycles. The Morgan fingerprint density at radius 1 is 1.17 bits per heavy atom. The van der Waals surface area contributed by atoms with Crippen molar-refractivity contribution in [2.24, 2.45) is 5.92 Å². The largest absolute Gasteiger partial charge is 0.381 e. The van der Waals surface area contributed by atoms with E-state index >= 15 is 0 Å². The van der Waals surface area contributed by atoms with Gasteiger partial charge in [0.1, 0.15) is 0 Å². The summed E-state index contributed by atoms with van der Waals surface area (Å²) in [5, 5.41) is 3.64. The summed E-state index contributed by atoms with van der Waals surface area (Å²) in [5.41, 5.74) is 0. The van der Waals surface area contributed by atoms with Crippen molar-refractivity contribution in [1.29, 1.82) is 0 Å². The molecule has 0 aromatic heterocycles. The van der Waals surface area contributed by atoms with Gasteiger partial charge in [0.05, 0.1) is 0 Å². The summed E-state index contributed by atoms with van der Waals surface area (Å²) < 4.78 is 5.30. The molecule has 72 valence electrons. The predicted octanol–water partition coefficient (Wildman–Crippen LogP) is 1.80. The second kappa shape index (κ2) is 4.83. The highest BCUT2D eigenvalue weighted by Gasteiger charge is 2.16. The van der Waals surface area contributed by atoms with Crippen LogP contribution in [-0.4, -0.2) is 25.3 Å². The maximum absolute atomic E-state index is 5.30. The van der Waals surface area contributed by atoms with E-state index in [0.717, 1.165) is 19.1 Å². The molecule has 2 nitrogen and oxygen atoms in total. The average Bonchev–Trinajstić information content (AvgIpc) is 2.06. The zero-order valence-corrected chi connectivity index (χ0v) is 8.47. The molecule has 1 aliphatic rings. The quantitative estimate of drug-likeness (QED) is 0.699. The van der Waals surface area contributed by atoms with Crippen LogP contribution in [0.25, 0.3) is 0 Å². The Balaban J connectivity index is 2.20. The van der Waals surface area contributed by atoms with Crippen molar-refractivity contribution in [3.05, 3.63) is 0 Å². The smallest absolute Gasteiger partial charge is 0.0480 e. The zero-order valence-electron chi connectivity index (χ0n) is 8.47. The van der Waals surface area contributed by atoms with Crippen molar-refractivity contribution in [1.82, 2.24) is 5.32 Å². The molecule has 0 spiro atoms. The first kappa shape index (κ1) is 10.0. The van der Waals surface area contributed by atoms with E-state index in [0.29, 0.717) is 12.1 Å². The molecule has 0 aliphatic carbocycles. The van der Waals surface area contributed by atoms with E-state index in [1.165, 1.54) is 12.8 Å². The number of rotatable bonds is 3. The Hall–Kier alpha value is -0.0800. The first-order valence-electron chi connectivity index (χ1n) is 5.04. The summed E-state index contributed by atoms with van der Waals surface area (Å²) in [4.78, 5) is 0. The summed E-state index contributed by atoms with van der Waals surface area (Å²) in [6.45, 7) is 8.65. The monoisotopic (exact) mass is 171 g/mol. The van der Waals surface area contributed by atoms with Gasteiger partial charge < -0.3 is 10.1 Å². The molecular weight excluding hydrogens is 150 g/mol. The Morgan fingerprint density at radius 2 is 1.75 bits per heavy atom. The molecule has 0 aromatic rings. The van der Waals surface area contributed by atoms with Crippen molar-refractivity contribution in [2.75, 3.05) is 13.2 Å². The van der Waals surface area contributed by atoms with E-state index in [9.17, 15) is 0 Å². The molecule has 0 unspecified atom stereocenters. The lowest BCUT2D eigenvalue weighted by atomic mass is 10.0. The van der Waals surface area contributed by atoms with Gasteiger partial charge in [-0.3, -0.25) is 0 Å². The van der Waals surface area contributed by atoms with E-state index in [1.807, 2.05) is 0 Å². The molecule has 1 rings (SSSR count). The topological polar surface area (TPSA) is 21.3 Å². The van der Waals surface area contributed by atoms with Gasteiger partial charge in [0, 0.05) is 25.3 Å². The Morgan fingerprint density at radius 3 is 2.25 bits per heavy atom. The summed E-state index contributed by atoms with van der Waals surface area (Å²) >= 11 is 0. The molecule has 0 amide bonds. The van der Waals surface area contributed by atoms with E-state index in [4.69, 9.17) is 4.74 Å². The molecule has 1 heterocycles. The maximum atomic E-state index is 5.30. The van der Waals surface area contributed by atoms with Crippen molar-refractivity contribution in [3.63, 3.8) is 0 Å². The lowest BCUT2D eigenvalue weighted by molar-refractivity contribution is 0.0737. The minimum atomic E-state index is 0.632. The molecular formula is C10H21NO. The number of ether oxygens (including phenoxy) is 1. The highest BCUT2D eigenvalue weighted by atomic mass is 16.5. The molecule has 0 saturated carbocycles. The van der Waals surface area contributed by atoms with Gasteiger partial charge in [0.25, 0.3) is 0 Å². The van der Waals surface area contributed by atoms with Crippen molar-refractivity contribution >= 4 is 0 Å². The fraction of sp³-hybridized carbons (Fsp3) is 1.00. The zero-order chi connectivity index (χ0) is 8.97. The third-order valence-electron chi connectivity index (χ3n) is 2.72. The van der Waals surface area contributed by atoms with Crippen molar-refractivity contribution in [3.8, 4) is 0 Å². The van der Waals surface area contributed by atoms with Gasteiger partial charge in [-0.05, 0) is 25.7 Å². The molecule has 0 radical (unpaired) electrons. The van der Waals surface area contributed by atoms with Crippen LogP contribution in [0.4, 0.5) is 0 Å². The van der Waals surface area contributed by atoms with Gasteiger partial charge >= 0.3 is 0 Å². The van der Waals surface area contributed by atoms with Crippen molar-refractivity contribution in [2.45, 2.75) is 45.7 Å². The van der Waals surface area contributed by atoms with Gasteiger partial charge in [0.2, 0.25) is 0 Å². The third-order valence-corrected chi connectivity index (χ3v) is 2.72. The van der Waals surface area contributed by atoms with Crippen LogP contribution in [-0.2, 0) is 4.74 Å². The van der Waals surface area contributed by atoms with Crippen LogP contribution in [0.15, 0.2) is 0 Å². The fourth-order valence-electron chi connectivity index (χ4n) is 1.43. The van der Waals surface area contributed by atoms with Crippen LogP contribution in [0.3, 0.4) is 0 Å². The molecule has 1 aliphatic heterocycles. The SMILES string of the molecule is CC(C)[C@@H](C)NC1CCOCC1. The van der Waals surface area contributed by atoms with E-state index in [1.54, 1.807) is 0 Å². The predicted molar refractivity (Wildman–Crippen MR) is 51.3 cm³/mol. The standard InChI is InChI=1S/C10H21NO/c1-8(2)9(3)11-10-4-6-12-7-5-10/h8-11H,4-7H2,1-3H3/t9-/m1/s1. The van der Waals surface area contributed by atoms with Crippen LogP contribution in [0.5, 0.6) is 0 Å². The third kappa shape index (κ3) is 3.11. The second-order valence-corrected chi connectivity index (χ2v) is 4.09. The van der Waals surface area contributed by atoms with Crippen LogP contribution < -0.4 is 5.32 Å². The van der Waals surface area contributed by atoms with Crippen LogP contribution >= 0.6 is 0 Å².